The molecule has 1 heterocycles. The van der Waals surface area contributed by atoms with Crippen LogP contribution in [0.2, 0.25) is 0 Å². The second kappa shape index (κ2) is 12.0. The molecule has 1 fully saturated rings. The highest BCUT2D eigenvalue weighted by Gasteiger charge is 2.36. The van der Waals surface area contributed by atoms with Crippen molar-refractivity contribution >= 4 is 34.7 Å². The van der Waals surface area contributed by atoms with Gasteiger partial charge in [-0.1, -0.05) is 64.3 Å². The molecule has 1 saturated carbocycles. The zero-order valence-corrected chi connectivity index (χ0v) is 23.1. The van der Waals surface area contributed by atoms with Crippen LogP contribution in [0.1, 0.15) is 68.8 Å². The van der Waals surface area contributed by atoms with E-state index in [9.17, 15) is 19.5 Å². The van der Waals surface area contributed by atoms with Crippen molar-refractivity contribution in [3.63, 3.8) is 0 Å². The number of nitrogens with one attached hydrogen (secondary N) is 1. The van der Waals surface area contributed by atoms with Gasteiger partial charge in [-0.3, -0.25) is 9.59 Å². The normalized spacial score (nSPS) is 18.1. The Balaban J connectivity index is 1.67. The van der Waals surface area contributed by atoms with Crippen molar-refractivity contribution < 1.29 is 24.2 Å². The summed E-state index contributed by atoms with van der Waals surface area (Å²) in [6, 6.07) is 14.1. The molecule has 2 aromatic rings. The van der Waals surface area contributed by atoms with Crippen molar-refractivity contribution in [3.05, 3.63) is 59.7 Å². The number of anilines is 2. The van der Waals surface area contributed by atoms with E-state index in [2.05, 4.69) is 5.32 Å². The standard InChI is InChI=1S/C30H38N4O5/c1-30(2,3)25(35)18-33-24-16-9-8-15-23(24)27(20-11-6-5-7-12-20)32-34(29(33)38)19-26(36)31-22-14-10-13-21(17-22)28(37)39-4/h8-10,13-17,20,29,38H,5-7,11-12,18-19H2,1-4H3,(H,31,36). The molecular formula is C30H38N4O5. The van der Waals surface area contributed by atoms with Crippen molar-refractivity contribution in [2.75, 3.05) is 30.4 Å². The SMILES string of the molecule is COC(=O)c1cccc(NC(=O)CN2N=C(C3CCCCC3)c3ccccc3N(CC(=O)C(C)(C)C)C2O)c1. The van der Waals surface area contributed by atoms with Gasteiger partial charge in [0.25, 0.3) is 0 Å². The zero-order valence-electron chi connectivity index (χ0n) is 23.1. The predicted octanol–water partition coefficient (Wildman–Crippen LogP) is 4.41. The third kappa shape index (κ3) is 6.65. The second-order valence-corrected chi connectivity index (χ2v) is 11.2. The van der Waals surface area contributed by atoms with Crippen LogP contribution in [0.15, 0.2) is 53.6 Å². The van der Waals surface area contributed by atoms with Gasteiger partial charge in [0, 0.05) is 28.3 Å². The maximum atomic E-state index is 13.2. The van der Waals surface area contributed by atoms with Gasteiger partial charge in [0.2, 0.25) is 12.3 Å². The summed E-state index contributed by atoms with van der Waals surface area (Å²) in [5, 5.41) is 20.6. The first-order valence-electron chi connectivity index (χ1n) is 13.5. The summed E-state index contributed by atoms with van der Waals surface area (Å²) in [6.07, 6.45) is 3.98. The van der Waals surface area contributed by atoms with Gasteiger partial charge in [-0.05, 0) is 37.1 Å². The smallest absolute Gasteiger partial charge is 0.337 e. The number of aliphatic hydroxyl groups is 1. The number of carbonyl (C=O) groups is 3. The lowest BCUT2D eigenvalue weighted by atomic mass is 9.82. The number of rotatable bonds is 7. The van der Waals surface area contributed by atoms with Gasteiger partial charge in [0.1, 0.15) is 6.54 Å². The quantitative estimate of drug-likeness (QED) is 0.506. The second-order valence-electron chi connectivity index (χ2n) is 11.2. The molecule has 9 nitrogen and oxygen atoms in total. The number of fused-ring (bicyclic) bond motifs is 1. The molecule has 2 aliphatic rings. The predicted molar refractivity (Wildman–Crippen MR) is 150 cm³/mol. The minimum Gasteiger partial charge on any atom is -0.465 e. The average Bonchev–Trinajstić information content (AvgIpc) is 3.03. The third-order valence-electron chi connectivity index (χ3n) is 7.29. The number of ether oxygens (including phenoxy) is 1. The first kappa shape index (κ1) is 28.3. The van der Waals surface area contributed by atoms with E-state index < -0.39 is 23.6 Å². The molecular weight excluding hydrogens is 496 g/mol. The molecule has 9 heteroatoms. The summed E-state index contributed by atoms with van der Waals surface area (Å²) in [6.45, 7) is 5.26. The van der Waals surface area contributed by atoms with Gasteiger partial charge in [0.05, 0.1) is 24.9 Å². The topological polar surface area (TPSA) is 112 Å². The van der Waals surface area contributed by atoms with Crippen molar-refractivity contribution in [1.82, 2.24) is 5.01 Å². The van der Waals surface area contributed by atoms with Gasteiger partial charge < -0.3 is 20.1 Å². The van der Waals surface area contributed by atoms with E-state index in [1.165, 1.54) is 24.6 Å². The number of hydrazone groups is 1. The van der Waals surface area contributed by atoms with Crippen LogP contribution in [-0.4, -0.2) is 60.0 Å². The average molecular weight is 535 g/mol. The van der Waals surface area contributed by atoms with Crippen LogP contribution in [0, 0.1) is 11.3 Å². The summed E-state index contributed by atoms with van der Waals surface area (Å²) in [7, 11) is 1.30. The largest absolute Gasteiger partial charge is 0.465 e. The van der Waals surface area contributed by atoms with E-state index in [-0.39, 0.29) is 24.8 Å². The van der Waals surface area contributed by atoms with Crippen molar-refractivity contribution in [3.8, 4) is 0 Å². The number of aliphatic hydroxyl groups excluding tert-OH is 1. The van der Waals surface area contributed by atoms with E-state index in [4.69, 9.17) is 9.84 Å². The van der Waals surface area contributed by atoms with Gasteiger partial charge in [-0.25, -0.2) is 9.80 Å². The minimum absolute atomic E-state index is 0.0333. The molecule has 1 unspecified atom stereocenters. The van der Waals surface area contributed by atoms with E-state index in [0.29, 0.717) is 11.3 Å². The molecule has 0 spiro atoms. The molecule has 1 aliphatic carbocycles. The Kier molecular flexibility index (Phi) is 8.70. The number of methoxy groups -OCH3 is 1. The van der Waals surface area contributed by atoms with Gasteiger partial charge >= 0.3 is 5.97 Å². The molecule has 0 bridgehead atoms. The van der Waals surface area contributed by atoms with Crippen LogP contribution in [0.3, 0.4) is 0 Å². The highest BCUT2D eigenvalue weighted by molar-refractivity contribution is 6.07. The first-order valence-corrected chi connectivity index (χ1v) is 13.5. The van der Waals surface area contributed by atoms with Crippen molar-refractivity contribution in [1.29, 1.82) is 0 Å². The molecule has 0 saturated heterocycles. The molecule has 1 amide bonds. The first-order chi connectivity index (χ1) is 18.6. The summed E-state index contributed by atoms with van der Waals surface area (Å²) in [5.41, 5.74) is 2.55. The number of esters is 1. The van der Waals surface area contributed by atoms with Crippen LogP contribution in [-0.2, 0) is 14.3 Å². The number of amides is 1. The Morgan fingerprint density at radius 2 is 1.74 bits per heavy atom. The van der Waals surface area contributed by atoms with Crippen LogP contribution >= 0.6 is 0 Å². The molecule has 1 atom stereocenters. The number of hydrogen-bond acceptors (Lipinski definition) is 8. The van der Waals surface area contributed by atoms with Gasteiger partial charge in [-0.15, -0.1) is 0 Å². The molecule has 2 N–H and O–H groups in total. The number of para-hydroxylation sites is 1. The molecule has 208 valence electrons. The van der Waals surface area contributed by atoms with Crippen LogP contribution in [0.4, 0.5) is 11.4 Å². The van der Waals surface area contributed by atoms with E-state index >= 15 is 0 Å². The van der Waals surface area contributed by atoms with Crippen LogP contribution < -0.4 is 10.2 Å². The fourth-order valence-corrected chi connectivity index (χ4v) is 5.01. The number of hydrogen-bond donors (Lipinski definition) is 2. The highest BCUT2D eigenvalue weighted by atomic mass is 16.5. The van der Waals surface area contributed by atoms with Crippen molar-refractivity contribution in [2.45, 2.75) is 59.2 Å². The lowest BCUT2D eigenvalue weighted by molar-refractivity contribution is -0.126. The van der Waals surface area contributed by atoms with Crippen LogP contribution in [0.25, 0.3) is 0 Å². The summed E-state index contributed by atoms with van der Waals surface area (Å²) in [4.78, 5) is 39.9. The Morgan fingerprint density at radius 3 is 2.44 bits per heavy atom. The van der Waals surface area contributed by atoms with Gasteiger partial charge in [0.15, 0.2) is 5.78 Å². The fraction of sp³-hybridized carbons (Fsp3) is 0.467. The minimum atomic E-state index is -1.34. The Bertz CT molecular complexity index is 1250. The fourth-order valence-electron chi connectivity index (χ4n) is 5.01. The molecule has 0 aromatic heterocycles. The lowest BCUT2D eigenvalue weighted by Gasteiger charge is -2.35. The van der Waals surface area contributed by atoms with Crippen molar-refractivity contribution in [2.24, 2.45) is 16.4 Å². The molecule has 4 rings (SSSR count). The summed E-state index contributed by atoms with van der Waals surface area (Å²) >= 11 is 0. The maximum Gasteiger partial charge on any atom is 0.337 e. The number of nitrogens with zero attached hydrogens (tertiary/aromatic N) is 3. The monoisotopic (exact) mass is 534 g/mol. The number of ketones is 1. The van der Waals surface area contributed by atoms with E-state index in [0.717, 1.165) is 42.6 Å². The van der Waals surface area contributed by atoms with E-state index in [1.54, 1.807) is 23.1 Å². The molecule has 1 aliphatic heterocycles. The summed E-state index contributed by atoms with van der Waals surface area (Å²) in [5.74, 6) is -0.780. The Labute approximate surface area is 229 Å². The number of benzene rings is 2. The molecule has 39 heavy (non-hydrogen) atoms. The zero-order chi connectivity index (χ0) is 28.2. The van der Waals surface area contributed by atoms with Crippen LogP contribution in [0.5, 0.6) is 0 Å². The lowest BCUT2D eigenvalue weighted by Crippen LogP contribution is -2.51. The number of Topliss-reactive ketones (excluding diaryl/α,β-unsaturated/α-hetero) is 1. The van der Waals surface area contributed by atoms with E-state index in [1.807, 2.05) is 45.0 Å². The van der Waals surface area contributed by atoms with Gasteiger partial charge in [-0.2, -0.15) is 5.10 Å². The maximum absolute atomic E-state index is 13.2. The summed E-state index contributed by atoms with van der Waals surface area (Å²) < 4.78 is 4.77. The molecule has 2 aromatic carbocycles. The highest BCUT2D eigenvalue weighted by Crippen LogP contribution is 2.35. The molecule has 0 radical (unpaired) electrons. The number of carbonyl (C=O) groups excluding carboxylic acids is 3. The Hall–Kier alpha value is -3.72. The Morgan fingerprint density at radius 1 is 1.03 bits per heavy atom. The third-order valence-corrected chi connectivity index (χ3v) is 7.29.